The van der Waals surface area contributed by atoms with Gasteiger partial charge in [0.1, 0.15) is 18.9 Å². The normalized spacial score (nSPS) is 16.6. The Labute approximate surface area is 206 Å². The number of carbonyl (C=O) groups excluding carboxylic acids is 1. The average molecular weight is 526 g/mol. The maximum Gasteiger partial charge on any atom is 0.295 e. The molecule has 2 heterocycles. The molecule has 3 aromatic rings. The molecule has 1 fully saturated rings. The summed E-state index contributed by atoms with van der Waals surface area (Å²) in [5.41, 5.74) is 7.67. The van der Waals surface area contributed by atoms with Gasteiger partial charge in [-0.2, -0.15) is 5.43 Å². The van der Waals surface area contributed by atoms with Gasteiger partial charge in [0.2, 0.25) is 0 Å². The number of hydrogen-bond donors (Lipinski definition) is 2. The molecule has 1 saturated heterocycles. The molecule has 0 bridgehead atoms. The van der Waals surface area contributed by atoms with Crippen LogP contribution in [0.5, 0.6) is 0 Å². The Balaban J connectivity index is 1.37. The lowest BCUT2D eigenvalue weighted by Crippen LogP contribution is -2.65. The quantitative estimate of drug-likeness (QED) is 0.444. The highest BCUT2D eigenvalue weighted by Gasteiger charge is 2.34. The summed E-state index contributed by atoms with van der Waals surface area (Å²) in [5, 5.41) is 4.16. The summed E-state index contributed by atoms with van der Waals surface area (Å²) in [6.07, 6.45) is 0. The van der Waals surface area contributed by atoms with Crippen LogP contribution in [0.15, 0.2) is 76.2 Å². The SMILES string of the molecule is C[N+]1(NC(=O)c2ccc(Br)cc2)CCN(C2=Nc3cc(Cl)ccc3Nc3ccccc32)CC1. The first-order chi connectivity index (χ1) is 15.9. The Kier molecular flexibility index (Phi) is 5.86. The highest BCUT2D eigenvalue weighted by molar-refractivity contribution is 9.10. The number of hydrogen-bond acceptors (Lipinski definition) is 4. The van der Waals surface area contributed by atoms with E-state index >= 15 is 0 Å². The van der Waals surface area contributed by atoms with Gasteiger partial charge in [-0.15, -0.1) is 0 Å². The maximum atomic E-state index is 12.8. The van der Waals surface area contributed by atoms with Crippen molar-refractivity contribution in [1.82, 2.24) is 10.3 Å². The van der Waals surface area contributed by atoms with Crippen LogP contribution in [-0.2, 0) is 0 Å². The van der Waals surface area contributed by atoms with Gasteiger partial charge >= 0.3 is 0 Å². The molecule has 6 nitrogen and oxygen atoms in total. The van der Waals surface area contributed by atoms with Crippen molar-refractivity contribution in [1.29, 1.82) is 0 Å². The maximum absolute atomic E-state index is 12.8. The van der Waals surface area contributed by atoms with E-state index in [0.717, 1.165) is 59.1 Å². The van der Waals surface area contributed by atoms with E-state index < -0.39 is 0 Å². The van der Waals surface area contributed by atoms with Crippen molar-refractivity contribution in [2.24, 2.45) is 4.99 Å². The molecule has 2 aliphatic rings. The van der Waals surface area contributed by atoms with Crippen LogP contribution in [0.1, 0.15) is 15.9 Å². The van der Waals surface area contributed by atoms with Crippen LogP contribution in [0.25, 0.3) is 0 Å². The fourth-order valence-corrected chi connectivity index (χ4v) is 4.62. The number of amidine groups is 1. The number of quaternary nitrogens is 1. The molecule has 2 N–H and O–H groups in total. The van der Waals surface area contributed by atoms with E-state index in [-0.39, 0.29) is 5.91 Å². The first-order valence-electron chi connectivity index (χ1n) is 10.8. The third-order valence-corrected chi connectivity index (χ3v) is 6.89. The number of likely N-dealkylation sites (N-methyl/N-ethyl adjacent to an activating group) is 1. The molecule has 8 heteroatoms. The van der Waals surface area contributed by atoms with E-state index in [1.165, 1.54) is 0 Å². The van der Waals surface area contributed by atoms with E-state index in [0.29, 0.717) is 15.2 Å². The van der Waals surface area contributed by atoms with Crippen molar-refractivity contribution in [2.75, 3.05) is 38.5 Å². The van der Waals surface area contributed by atoms with Crippen molar-refractivity contribution in [2.45, 2.75) is 0 Å². The number of amides is 1. The van der Waals surface area contributed by atoms with Gasteiger partial charge < -0.3 is 10.2 Å². The summed E-state index contributed by atoms with van der Waals surface area (Å²) in [6, 6.07) is 21.3. The van der Waals surface area contributed by atoms with Gasteiger partial charge in [0.15, 0.2) is 0 Å². The van der Waals surface area contributed by atoms with Crippen LogP contribution >= 0.6 is 27.5 Å². The molecule has 0 atom stereocenters. The zero-order chi connectivity index (χ0) is 23.0. The van der Waals surface area contributed by atoms with E-state index in [2.05, 4.69) is 50.8 Å². The highest BCUT2D eigenvalue weighted by Crippen LogP contribution is 2.36. The predicted octanol–water partition coefficient (Wildman–Crippen LogP) is 5.35. The summed E-state index contributed by atoms with van der Waals surface area (Å²) >= 11 is 9.68. The minimum atomic E-state index is -0.0663. The molecular formula is C25H24BrClN5O+. The number of para-hydroxylation sites is 1. The standard InChI is InChI=1S/C25H23BrClN5O/c1-32(30-25(33)17-6-8-18(26)9-7-17)14-12-31(13-15-32)24-20-4-2-3-5-21(20)28-22-11-10-19(27)16-23(22)29-24/h2-11,16H,12-15H2,1H3,(H-,28,29,30,33)/p+1. The van der Waals surface area contributed by atoms with Gasteiger partial charge in [0.05, 0.1) is 31.5 Å². The molecule has 1 amide bonds. The number of fused-ring (bicyclic) bond motifs is 2. The number of carbonyl (C=O) groups is 1. The number of nitrogens with one attached hydrogen (secondary N) is 2. The van der Waals surface area contributed by atoms with Crippen LogP contribution in [-0.4, -0.2) is 54.5 Å². The smallest absolute Gasteiger partial charge is 0.295 e. The number of halogens is 2. The Morgan fingerprint density at radius 1 is 1.06 bits per heavy atom. The topological polar surface area (TPSA) is 56.7 Å². The van der Waals surface area contributed by atoms with E-state index in [1.807, 2.05) is 54.6 Å². The monoisotopic (exact) mass is 524 g/mol. The number of piperazine rings is 1. The fraction of sp³-hybridized carbons (Fsp3) is 0.200. The number of rotatable bonds is 2. The van der Waals surface area contributed by atoms with Gasteiger partial charge in [-0.05, 0) is 54.6 Å². The van der Waals surface area contributed by atoms with Gasteiger partial charge in [-0.1, -0.05) is 39.7 Å². The summed E-state index contributed by atoms with van der Waals surface area (Å²) in [7, 11) is 2.06. The molecule has 168 valence electrons. The van der Waals surface area contributed by atoms with E-state index in [4.69, 9.17) is 16.6 Å². The zero-order valence-electron chi connectivity index (χ0n) is 18.2. The Bertz CT molecular complexity index is 1240. The molecule has 5 rings (SSSR count). The van der Waals surface area contributed by atoms with Crippen molar-refractivity contribution >= 4 is 56.3 Å². The lowest BCUT2D eigenvalue weighted by molar-refractivity contribution is -0.946. The molecule has 0 unspecified atom stereocenters. The van der Waals surface area contributed by atoms with Crippen molar-refractivity contribution in [3.8, 4) is 0 Å². The van der Waals surface area contributed by atoms with Crippen molar-refractivity contribution < 1.29 is 9.39 Å². The molecule has 0 spiro atoms. The first-order valence-corrected chi connectivity index (χ1v) is 12.0. The minimum Gasteiger partial charge on any atom is -0.353 e. The van der Waals surface area contributed by atoms with E-state index in [9.17, 15) is 4.79 Å². The largest absolute Gasteiger partial charge is 0.353 e. The van der Waals surface area contributed by atoms with Gasteiger partial charge in [-0.3, -0.25) is 4.79 Å². The van der Waals surface area contributed by atoms with Crippen molar-refractivity contribution in [3.63, 3.8) is 0 Å². The van der Waals surface area contributed by atoms with Crippen LogP contribution in [0.4, 0.5) is 17.1 Å². The summed E-state index contributed by atoms with van der Waals surface area (Å²) in [6.45, 7) is 3.05. The number of nitrogens with zero attached hydrogens (tertiary/aromatic N) is 3. The summed E-state index contributed by atoms with van der Waals surface area (Å²) in [4.78, 5) is 20.1. The van der Waals surface area contributed by atoms with Crippen LogP contribution < -0.4 is 10.7 Å². The number of aliphatic imine (C=N–C) groups is 1. The molecule has 0 saturated carbocycles. The third kappa shape index (κ3) is 4.62. The van der Waals surface area contributed by atoms with E-state index in [1.54, 1.807) is 0 Å². The molecular weight excluding hydrogens is 502 g/mol. The summed E-state index contributed by atoms with van der Waals surface area (Å²) in [5.74, 6) is 0.855. The Morgan fingerprint density at radius 2 is 1.79 bits per heavy atom. The van der Waals surface area contributed by atoms with Crippen LogP contribution in [0, 0.1) is 0 Å². The van der Waals surface area contributed by atoms with Gasteiger partial charge in [0.25, 0.3) is 5.91 Å². The molecule has 0 aliphatic carbocycles. The fourth-order valence-electron chi connectivity index (χ4n) is 4.19. The second kappa shape index (κ2) is 8.82. The predicted molar refractivity (Wildman–Crippen MR) is 136 cm³/mol. The molecule has 0 aromatic heterocycles. The first kappa shape index (κ1) is 21.9. The second-order valence-corrected chi connectivity index (χ2v) is 9.90. The lowest BCUT2D eigenvalue weighted by atomic mass is 10.1. The number of benzene rings is 3. The van der Waals surface area contributed by atoms with Gasteiger partial charge in [0, 0.05) is 26.3 Å². The van der Waals surface area contributed by atoms with Crippen molar-refractivity contribution in [3.05, 3.63) is 87.4 Å². The second-order valence-electron chi connectivity index (χ2n) is 8.55. The van der Waals surface area contributed by atoms with Crippen LogP contribution in [0.3, 0.4) is 0 Å². The molecule has 3 aromatic carbocycles. The zero-order valence-corrected chi connectivity index (χ0v) is 20.5. The minimum absolute atomic E-state index is 0.0663. The highest BCUT2D eigenvalue weighted by atomic mass is 79.9. The Morgan fingerprint density at radius 3 is 2.55 bits per heavy atom. The van der Waals surface area contributed by atoms with Gasteiger partial charge in [-0.25, -0.2) is 9.58 Å². The molecule has 0 radical (unpaired) electrons. The summed E-state index contributed by atoms with van der Waals surface area (Å²) < 4.78 is 1.43. The molecule has 33 heavy (non-hydrogen) atoms. The lowest BCUT2D eigenvalue weighted by Gasteiger charge is -2.42. The van der Waals surface area contributed by atoms with Crippen LogP contribution in [0.2, 0.25) is 5.02 Å². The third-order valence-electron chi connectivity index (χ3n) is 6.13. The average Bonchev–Trinajstić information content (AvgIpc) is 2.96. The Hall–Kier alpha value is -2.87. The number of anilines is 2. The molecule has 2 aliphatic heterocycles.